The van der Waals surface area contributed by atoms with Crippen LogP contribution in [0.25, 0.3) is 0 Å². The van der Waals surface area contributed by atoms with Gasteiger partial charge in [0.2, 0.25) is 0 Å². The molecule has 184 valence electrons. The molecule has 4 heteroatoms. The first-order chi connectivity index (χ1) is 16.9. The van der Waals surface area contributed by atoms with Gasteiger partial charge in [-0.2, -0.15) is 0 Å². The van der Waals surface area contributed by atoms with E-state index in [1.54, 1.807) is 24.4 Å². The second kappa shape index (κ2) is 9.41. The molecule has 35 heavy (non-hydrogen) atoms. The zero-order chi connectivity index (χ0) is 24.8. The number of Topliss-reactive ketones (excluding diaryl/α,β-unsaturated/α-hetero) is 1. The van der Waals surface area contributed by atoms with Gasteiger partial charge in [-0.1, -0.05) is 30.6 Å². The molecular formula is C31H36O3S. The Hall–Kier alpha value is -2.09. The van der Waals surface area contributed by atoms with Crippen molar-refractivity contribution in [3.05, 3.63) is 52.6 Å². The Bertz CT molecular complexity index is 1160. The summed E-state index contributed by atoms with van der Waals surface area (Å²) in [5.41, 5.74) is 4.74. The lowest BCUT2D eigenvalue weighted by atomic mass is 9.48. The van der Waals surface area contributed by atoms with Gasteiger partial charge in [0.25, 0.3) is 0 Å². The second-order valence-corrected chi connectivity index (χ2v) is 11.8. The van der Waals surface area contributed by atoms with E-state index < -0.39 is 5.41 Å². The molecule has 3 nitrogen and oxygen atoms in total. The fourth-order valence-corrected chi connectivity index (χ4v) is 8.43. The van der Waals surface area contributed by atoms with E-state index in [9.17, 15) is 9.59 Å². The number of hydrogen-bond donors (Lipinski definition) is 0. The van der Waals surface area contributed by atoms with Crippen molar-refractivity contribution in [1.82, 2.24) is 0 Å². The third-order valence-corrected chi connectivity index (χ3v) is 10.3. The van der Waals surface area contributed by atoms with Crippen molar-refractivity contribution in [2.45, 2.75) is 69.6 Å². The minimum absolute atomic E-state index is 0.123. The van der Waals surface area contributed by atoms with E-state index in [-0.39, 0.29) is 29.5 Å². The van der Waals surface area contributed by atoms with E-state index in [1.807, 2.05) is 13.0 Å². The van der Waals surface area contributed by atoms with Crippen LogP contribution < -0.4 is 0 Å². The van der Waals surface area contributed by atoms with Crippen molar-refractivity contribution in [3.63, 3.8) is 0 Å². The largest absolute Gasteiger partial charge is 0.377 e. The number of rotatable bonds is 5. The van der Waals surface area contributed by atoms with E-state index in [2.05, 4.69) is 49.3 Å². The number of carbonyl (C=O) groups excluding carboxylic acids is 2. The van der Waals surface area contributed by atoms with Crippen LogP contribution in [-0.4, -0.2) is 31.5 Å². The Labute approximate surface area is 214 Å². The monoisotopic (exact) mass is 488 g/mol. The smallest absolute Gasteiger partial charge is 0.176 e. The Morgan fingerprint density at radius 2 is 1.94 bits per heavy atom. The van der Waals surface area contributed by atoms with Crippen molar-refractivity contribution in [2.75, 3.05) is 20.0 Å². The highest BCUT2D eigenvalue weighted by Crippen LogP contribution is 2.69. The van der Waals surface area contributed by atoms with Gasteiger partial charge in [-0.25, -0.2) is 0 Å². The number of ketones is 2. The fraction of sp³-hybridized carbons (Fsp3) is 0.548. The number of carbonyl (C=O) groups is 2. The highest BCUT2D eigenvalue weighted by Gasteiger charge is 2.65. The van der Waals surface area contributed by atoms with Gasteiger partial charge in [0.1, 0.15) is 6.61 Å². The van der Waals surface area contributed by atoms with Gasteiger partial charge in [-0.05, 0) is 104 Å². The topological polar surface area (TPSA) is 43.4 Å². The third-order valence-electron chi connectivity index (χ3n) is 9.54. The molecular weight excluding hydrogens is 452 g/mol. The molecule has 0 spiro atoms. The van der Waals surface area contributed by atoms with Crippen molar-refractivity contribution in [2.24, 2.45) is 22.7 Å². The molecule has 1 aromatic rings. The predicted molar refractivity (Wildman–Crippen MR) is 141 cm³/mol. The normalized spacial score (nSPS) is 33.8. The maximum atomic E-state index is 13.7. The van der Waals surface area contributed by atoms with Crippen molar-refractivity contribution < 1.29 is 14.3 Å². The number of hydrogen-bond acceptors (Lipinski definition) is 4. The van der Waals surface area contributed by atoms with Crippen LogP contribution in [-0.2, 0) is 14.3 Å². The zero-order valence-electron chi connectivity index (χ0n) is 21.4. The number of thioether (sulfide) groups is 1. The van der Waals surface area contributed by atoms with E-state index in [4.69, 9.17) is 4.74 Å². The number of benzene rings is 1. The minimum atomic E-state index is -0.658. The predicted octanol–water partition coefficient (Wildman–Crippen LogP) is 6.53. The number of allylic oxidation sites excluding steroid dienone is 4. The van der Waals surface area contributed by atoms with E-state index in [1.165, 1.54) is 21.6 Å². The molecule has 4 aliphatic rings. The van der Waals surface area contributed by atoms with Crippen molar-refractivity contribution in [3.8, 4) is 11.8 Å². The quantitative estimate of drug-likeness (QED) is 0.349. The first-order valence-electron chi connectivity index (χ1n) is 13.0. The van der Waals surface area contributed by atoms with Crippen LogP contribution in [0.2, 0.25) is 0 Å². The van der Waals surface area contributed by atoms with Crippen LogP contribution >= 0.6 is 11.8 Å². The van der Waals surface area contributed by atoms with Crippen LogP contribution in [0.3, 0.4) is 0 Å². The van der Waals surface area contributed by atoms with Crippen LogP contribution in [0.5, 0.6) is 0 Å². The molecule has 1 aromatic carbocycles. The van der Waals surface area contributed by atoms with Crippen LogP contribution in [0, 0.1) is 34.5 Å². The molecule has 0 radical (unpaired) electrons. The Morgan fingerprint density at radius 1 is 1.17 bits per heavy atom. The van der Waals surface area contributed by atoms with Gasteiger partial charge in [0.05, 0.1) is 5.41 Å². The van der Waals surface area contributed by atoms with Crippen LogP contribution in [0.15, 0.2) is 52.0 Å². The van der Waals surface area contributed by atoms with Gasteiger partial charge < -0.3 is 4.74 Å². The lowest BCUT2D eigenvalue weighted by molar-refractivity contribution is -0.136. The average Bonchev–Trinajstić information content (AvgIpc) is 3.16. The fourth-order valence-electron chi connectivity index (χ4n) is 8.02. The number of fused-ring (bicyclic) bond motifs is 4. The Balaban J connectivity index is 1.69. The Kier molecular flexibility index (Phi) is 6.62. The Morgan fingerprint density at radius 3 is 2.63 bits per heavy atom. The lowest BCUT2D eigenvalue weighted by Gasteiger charge is -2.54. The molecule has 0 unspecified atom stereocenters. The molecule has 5 atom stereocenters. The summed E-state index contributed by atoms with van der Waals surface area (Å²) in [7, 11) is 1.61. The highest BCUT2D eigenvalue weighted by molar-refractivity contribution is 7.98. The van der Waals surface area contributed by atoms with Gasteiger partial charge in [-0.3, -0.25) is 9.59 Å². The molecule has 0 aromatic heterocycles. The van der Waals surface area contributed by atoms with E-state index >= 15 is 0 Å². The molecule has 5 rings (SSSR count). The first-order valence-corrected chi connectivity index (χ1v) is 14.2. The molecule has 0 N–H and O–H groups in total. The summed E-state index contributed by atoms with van der Waals surface area (Å²) < 4.78 is 5.37. The van der Waals surface area contributed by atoms with Gasteiger partial charge >= 0.3 is 0 Å². The molecule has 0 heterocycles. The summed E-state index contributed by atoms with van der Waals surface area (Å²) in [5, 5.41) is 0. The first kappa shape index (κ1) is 24.6. The van der Waals surface area contributed by atoms with Crippen LogP contribution in [0.1, 0.15) is 70.3 Å². The number of ether oxygens (including phenoxy) is 1. The SMILES string of the molecule is CC#C[C@]1(C(=O)COC)CC[C@H]2[C@@H]3CCC4=CC(=O)CCC4=C3[C@@H](c3ccc(SC)cc3)C[C@@]21C. The third kappa shape index (κ3) is 3.78. The number of methoxy groups -OCH3 is 1. The van der Waals surface area contributed by atoms with Gasteiger partial charge in [-0.15, -0.1) is 17.7 Å². The van der Waals surface area contributed by atoms with Crippen molar-refractivity contribution >= 4 is 23.3 Å². The molecule has 0 amide bonds. The maximum Gasteiger partial charge on any atom is 0.176 e. The average molecular weight is 489 g/mol. The summed E-state index contributed by atoms with van der Waals surface area (Å²) in [6.07, 6.45) is 10.3. The summed E-state index contributed by atoms with van der Waals surface area (Å²) in [5.74, 6) is 8.15. The van der Waals surface area contributed by atoms with E-state index in [0.29, 0.717) is 18.3 Å². The summed E-state index contributed by atoms with van der Waals surface area (Å²) >= 11 is 1.76. The molecule has 0 saturated heterocycles. The molecule has 4 aliphatic carbocycles. The zero-order valence-corrected chi connectivity index (χ0v) is 22.2. The standard InChI is InChI=1S/C31H36O3S/c1-5-15-31(28(33)19-34-3)16-14-27-25-12-8-21-17-22(32)9-13-24(21)29(25)26(18-30(27,31)2)20-6-10-23(35-4)11-7-20/h6-7,10-11,17,25-27H,8-9,12-14,16,18-19H2,1-4H3/t25-,26+,27-,30-,31+/m0/s1. The molecule has 2 saturated carbocycles. The summed E-state index contributed by atoms with van der Waals surface area (Å²) in [6.45, 7) is 4.34. The van der Waals surface area contributed by atoms with Gasteiger partial charge in [0, 0.05) is 24.3 Å². The summed E-state index contributed by atoms with van der Waals surface area (Å²) in [6, 6.07) is 9.02. The van der Waals surface area contributed by atoms with Gasteiger partial charge in [0.15, 0.2) is 11.6 Å². The van der Waals surface area contributed by atoms with Crippen molar-refractivity contribution in [1.29, 1.82) is 0 Å². The molecule has 2 fully saturated rings. The molecule has 0 aliphatic heterocycles. The highest BCUT2D eigenvalue weighted by atomic mass is 32.2. The summed E-state index contributed by atoms with van der Waals surface area (Å²) in [4.78, 5) is 27.2. The van der Waals surface area contributed by atoms with E-state index in [0.717, 1.165) is 38.5 Å². The van der Waals surface area contributed by atoms with Crippen LogP contribution in [0.4, 0.5) is 0 Å². The molecule has 0 bridgehead atoms. The maximum absolute atomic E-state index is 13.7. The lowest BCUT2D eigenvalue weighted by Crippen LogP contribution is -2.51. The second-order valence-electron chi connectivity index (χ2n) is 10.9. The minimum Gasteiger partial charge on any atom is -0.377 e.